The maximum absolute atomic E-state index is 13.1. The van der Waals surface area contributed by atoms with Crippen LogP contribution in [0.25, 0.3) is 0 Å². The minimum atomic E-state index is -0.291. The maximum atomic E-state index is 13.1. The number of thioether (sulfide) groups is 1. The molecule has 3 aromatic rings. The predicted octanol–water partition coefficient (Wildman–Crippen LogP) is 5.20. The summed E-state index contributed by atoms with van der Waals surface area (Å²) in [6, 6.07) is 17.7. The molecule has 2 aromatic carbocycles. The van der Waals surface area contributed by atoms with Crippen LogP contribution in [0.5, 0.6) is 0 Å². The Morgan fingerprint density at radius 3 is 2.61 bits per heavy atom. The summed E-state index contributed by atoms with van der Waals surface area (Å²) >= 11 is 1.36. The maximum Gasteiger partial charge on any atom is 0.253 e. The lowest BCUT2D eigenvalue weighted by atomic mass is 10.0. The highest BCUT2D eigenvalue weighted by Crippen LogP contribution is 2.34. The van der Waals surface area contributed by atoms with Crippen molar-refractivity contribution in [3.05, 3.63) is 89.6 Å². The van der Waals surface area contributed by atoms with Crippen LogP contribution >= 0.6 is 11.8 Å². The summed E-state index contributed by atoms with van der Waals surface area (Å²) in [5.74, 6) is 0.525. The van der Waals surface area contributed by atoms with E-state index in [0.717, 1.165) is 16.2 Å². The molecule has 4 rings (SSSR count). The van der Waals surface area contributed by atoms with Gasteiger partial charge in [0.05, 0.1) is 17.7 Å². The molecule has 1 aliphatic rings. The SMILES string of the molecule is Cc1ccc(C2=NN(C(=O)CSc3ccc(F)cc3)[C@@H](c3ccco3)C2)cc1. The van der Waals surface area contributed by atoms with Gasteiger partial charge in [0.1, 0.15) is 17.6 Å². The first-order valence-corrected chi connectivity index (χ1v) is 9.97. The molecule has 0 saturated heterocycles. The number of hydrogen-bond donors (Lipinski definition) is 0. The van der Waals surface area contributed by atoms with Gasteiger partial charge in [0.2, 0.25) is 0 Å². The molecule has 1 amide bonds. The molecule has 142 valence electrons. The van der Waals surface area contributed by atoms with Gasteiger partial charge in [0.15, 0.2) is 0 Å². The number of amides is 1. The van der Waals surface area contributed by atoms with Crippen LogP contribution in [0.1, 0.15) is 29.3 Å². The van der Waals surface area contributed by atoms with Gasteiger partial charge in [-0.2, -0.15) is 5.10 Å². The number of rotatable bonds is 5. The summed E-state index contributed by atoms with van der Waals surface area (Å²) < 4.78 is 18.6. The zero-order chi connectivity index (χ0) is 19.5. The monoisotopic (exact) mass is 394 g/mol. The molecule has 1 aromatic heterocycles. The Hall–Kier alpha value is -2.86. The van der Waals surface area contributed by atoms with Crippen LogP contribution in [-0.4, -0.2) is 22.4 Å². The minimum absolute atomic E-state index is 0.113. The van der Waals surface area contributed by atoms with Crippen molar-refractivity contribution in [1.82, 2.24) is 5.01 Å². The second-order valence-electron chi connectivity index (χ2n) is 6.63. The first-order chi connectivity index (χ1) is 13.6. The smallest absolute Gasteiger partial charge is 0.253 e. The first-order valence-electron chi connectivity index (χ1n) is 8.98. The topological polar surface area (TPSA) is 45.8 Å². The molecule has 6 heteroatoms. The van der Waals surface area contributed by atoms with Crippen LogP contribution in [0.4, 0.5) is 4.39 Å². The Morgan fingerprint density at radius 2 is 1.93 bits per heavy atom. The van der Waals surface area contributed by atoms with E-state index in [1.54, 1.807) is 18.4 Å². The van der Waals surface area contributed by atoms with Gasteiger partial charge in [-0.1, -0.05) is 29.8 Å². The normalized spacial score (nSPS) is 16.3. The number of carbonyl (C=O) groups is 1. The molecule has 0 unspecified atom stereocenters. The summed E-state index contributed by atoms with van der Waals surface area (Å²) in [6.45, 7) is 2.04. The van der Waals surface area contributed by atoms with E-state index < -0.39 is 0 Å². The quantitative estimate of drug-likeness (QED) is 0.559. The third kappa shape index (κ3) is 4.02. The average molecular weight is 394 g/mol. The first kappa shape index (κ1) is 18.5. The number of nitrogens with zero attached hydrogens (tertiary/aromatic N) is 2. The van der Waals surface area contributed by atoms with Crippen molar-refractivity contribution in [3.8, 4) is 0 Å². The summed E-state index contributed by atoms with van der Waals surface area (Å²) in [4.78, 5) is 13.7. The Labute approximate surface area is 167 Å². The molecule has 2 heterocycles. The number of aryl methyl sites for hydroxylation is 1. The minimum Gasteiger partial charge on any atom is -0.467 e. The van der Waals surface area contributed by atoms with E-state index in [-0.39, 0.29) is 23.5 Å². The third-order valence-electron chi connectivity index (χ3n) is 4.60. The van der Waals surface area contributed by atoms with Crippen molar-refractivity contribution >= 4 is 23.4 Å². The average Bonchev–Trinajstić information content (AvgIpc) is 3.37. The molecule has 0 spiro atoms. The summed E-state index contributed by atoms with van der Waals surface area (Å²) in [5.41, 5.74) is 3.04. The van der Waals surface area contributed by atoms with Gasteiger partial charge in [-0.05, 0) is 48.9 Å². The van der Waals surface area contributed by atoms with E-state index in [9.17, 15) is 9.18 Å². The van der Waals surface area contributed by atoms with Crippen molar-refractivity contribution in [2.75, 3.05) is 5.75 Å². The van der Waals surface area contributed by atoms with Crippen molar-refractivity contribution in [2.45, 2.75) is 24.3 Å². The Morgan fingerprint density at radius 1 is 1.18 bits per heavy atom. The third-order valence-corrected chi connectivity index (χ3v) is 5.60. The summed E-state index contributed by atoms with van der Waals surface area (Å²) in [6.07, 6.45) is 2.21. The van der Waals surface area contributed by atoms with E-state index in [1.807, 2.05) is 43.3 Å². The number of hydrogen-bond acceptors (Lipinski definition) is 4. The highest BCUT2D eigenvalue weighted by molar-refractivity contribution is 8.00. The second-order valence-corrected chi connectivity index (χ2v) is 7.68. The largest absolute Gasteiger partial charge is 0.467 e. The van der Waals surface area contributed by atoms with Gasteiger partial charge in [0, 0.05) is 11.3 Å². The van der Waals surface area contributed by atoms with E-state index in [1.165, 1.54) is 34.5 Å². The molecular weight excluding hydrogens is 375 g/mol. The zero-order valence-corrected chi connectivity index (χ0v) is 16.2. The van der Waals surface area contributed by atoms with Gasteiger partial charge >= 0.3 is 0 Å². The van der Waals surface area contributed by atoms with Crippen molar-refractivity contribution < 1.29 is 13.6 Å². The van der Waals surface area contributed by atoms with E-state index in [4.69, 9.17) is 4.42 Å². The van der Waals surface area contributed by atoms with E-state index in [2.05, 4.69) is 5.10 Å². The summed E-state index contributed by atoms with van der Waals surface area (Å²) in [5, 5.41) is 6.14. The van der Waals surface area contributed by atoms with Crippen LogP contribution in [0.15, 0.2) is 81.3 Å². The summed E-state index contributed by atoms with van der Waals surface area (Å²) in [7, 11) is 0. The fraction of sp³-hybridized carbons (Fsp3) is 0.182. The second kappa shape index (κ2) is 8.02. The molecule has 1 atom stereocenters. The van der Waals surface area contributed by atoms with Gasteiger partial charge in [-0.25, -0.2) is 9.40 Å². The number of carbonyl (C=O) groups excluding carboxylic acids is 1. The fourth-order valence-corrected chi connectivity index (χ4v) is 3.86. The number of benzene rings is 2. The van der Waals surface area contributed by atoms with Crippen molar-refractivity contribution in [1.29, 1.82) is 0 Å². The van der Waals surface area contributed by atoms with Crippen molar-refractivity contribution in [3.63, 3.8) is 0 Å². The number of hydrazone groups is 1. The number of furan rings is 1. The molecule has 0 saturated carbocycles. The van der Waals surface area contributed by atoms with Crippen LogP contribution < -0.4 is 0 Å². The molecule has 1 aliphatic heterocycles. The highest BCUT2D eigenvalue weighted by atomic mass is 32.2. The van der Waals surface area contributed by atoms with Gasteiger partial charge in [0.25, 0.3) is 5.91 Å². The van der Waals surface area contributed by atoms with E-state index in [0.29, 0.717) is 12.2 Å². The zero-order valence-electron chi connectivity index (χ0n) is 15.3. The molecular formula is C22H19FN2O2S. The molecule has 0 bridgehead atoms. The van der Waals surface area contributed by atoms with Gasteiger partial charge in [-0.3, -0.25) is 4.79 Å². The molecule has 0 aliphatic carbocycles. The van der Waals surface area contributed by atoms with Crippen LogP contribution in [0, 0.1) is 12.7 Å². The lowest BCUT2D eigenvalue weighted by Crippen LogP contribution is -2.28. The molecule has 0 radical (unpaired) electrons. The standard InChI is InChI=1S/C22H19FN2O2S/c1-15-4-6-16(7-5-15)19-13-20(21-3-2-12-27-21)25(24-19)22(26)14-28-18-10-8-17(23)9-11-18/h2-12,20H,13-14H2,1H3/t20-/m1/s1. The molecule has 0 N–H and O–H groups in total. The highest BCUT2D eigenvalue weighted by Gasteiger charge is 2.34. The molecule has 0 fully saturated rings. The fourth-order valence-electron chi connectivity index (χ4n) is 3.11. The van der Waals surface area contributed by atoms with Crippen LogP contribution in [0.2, 0.25) is 0 Å². The lowest BCUT2D eigenvalue weighted by Gasteiger charge is -2.19. The Kier molecular flexibility index (Phi) is 5.30. The van der Waals surface area contributed by atoms with E-state index >= 15 is 0 Å². The van der Waals surface area contributed by atoms with Crippen molar-refractivity contribution in [2.24, 2.45) is 5.10 Å². The Balaban J connectivity index is 1.54. The number of halogens is 1. The van der Waals surface area contributed by atoms with Crippen LogP contribution in [0.3, 0.4) is 0 Å². The molecule has 4 nitrogen and oxygen atoms in total. The van der Waals surface area contributed by atoms with Gasteiger partial charge < -0.3 is 4.42 Å². The molecule has 28 heavy (non-hydrogen) atoms. The van der Waals surface area contributed by atoms with Gasteiger partial charge in [-0.15, -0.1) is 11.8 Å². The lowest BCUT2D eigenvalue weighted by molar-refractivity contribution is -0.130. The predicted molar refractivity (Wildman–Crippen MR) is 108 cm³/mol. The Bertz CT molecular complexity index is 982. The van der Waals surface area contributed by atoms with Crippen LogP contribution in [-0.2, 0) is 4.79 Å².